The number of hydrogen-bond donors (Lipinski definition) is 4. The van der Waals surface area contributed by atoms with E-state index in [9.17, 15) is 14.0 Å². The van der Waals surface area contributed by atoms with Gasteiger partial charge < -0.3 is 20.8 Å². The van der Waals surface area contributed by atoms with E-state index in [0.717, 1.165) is 6.07 Å². The molecule has 0 heterocycles. The molecule has 0 aliphatic rings. The summed E-state index contributed by atoms with van der Waals surface area (Å²) in [4.78, 5) is 22.2. The smallest absolute Gasteiger partial charge is 0.326 e. The highest BCUT2D eigenvalue weighted by Crippen LogP contribution is 2.18. The largest absolute Gasteiger partial charge is 0.480 e. The number of carbonyl (C=O) groups excluding carboxylic acids is 1. The van der Waals surface area contributed by atoms with Crippen molar-refractivity contribution >= 4 is 29.3 Å². The number of aliphatic hydroxyl groups excluding tert-OH is 1. The van der Waals surface area contributed by atoms with Crippen LogP contribution in [0.5, 0.6) is 0 Å². The van der Waals surface area contributed by atoms with Gasteiger partial charge in [-0.25, -0.2) is 14.0 Å². The molecule has 6 nitrogen and oxygen atoms in total. The number of nitrogens with one attached hydrogen (secondary N) is 2. The van der Waals surface area contributed by atoms with E-state index in [2.05, 4.69) is 10.6 Å². The molecular weight excluding hydrogens is 279 g/mol. The third-order valence-corrected chi connectivity index (χ3v) is 2.51. The van der Waals surface area contributed by atoms with E-state index >= 15 is 0 Å². The molecule has 0 bridgehead atoms. The van der Waals surface area contributed by atoms with E-state index in [1.807, 2.05) is 0 Å². The summed E-state index contributed by atoms with van der Waals surface area (Å²) in [6, 6.07) is 1.59. The molecule has 19 heavy (non-hydrogen) atoms. The average molecular weight is 291 g/mol. The van der Waals surface area contributed by atoms with E-state index in [-0.39, 0.29) is 23.7 Å². The Morgan fingerprint density at radius 1 is 1.42 bits per heavy atom. The molecule has 0 radical (unpaired) electrons. The molecule has 0 unspecified atom stereocenters. The Hall–Kier alpha value is -1.86. The van der Waals surface area contributed by atoms with Crippen molar-refractivity contribution in [3.05, 3.63) is 29.0 Å². The van der Waals surface area contributed by atoms with Crippen LogP contribution < -0.4 is 10.6 Å². The summed E-state index contributed by atoms with van der Waals surface area (Å²) in [5, 5.41) is 21.7. The molecule has 4 N–H and O–H groups in total. The van der Waals surface area contributed by atoms with Crippen LogP contribution in [0, 0.1) is 5.82 Å². The Morgan fingerprint density at radius 3 is 2.63 bits per heavy atom. The highest BCUT2D eigenvalue weighted by atomic mass is 35.5. The van der Waals surface area contributed by atoms with Crippen LogP contribution in [0.1, 0.15) is 6.42 Å². The van der Waals surface area contributed by atoms with E-state index in [1.165, 1.54) is 12.1 Å². The van der Waals surface area contributed by atoms with Crippen molar-refractivity contribution in [2.24, 2.45) is 0 Å². The third kappa shape index (κ3) is 4.72. The second-order valence-electron chi connectivity index (χ2n) is 3.63. The first-order valence-corrected chi connectivity index (χ1v) is 5.68. The fourth-order valence-electron chi connectivity index (χ4n) is 1.29. The predicted molar refractivity (Wildman–Crippen MR) is 66.7 cm³/mol. The molecule has 0 saturated heterocycles. The summed E-state index contributed by atoms with van der Waals surface area (Å²) in [7, 11) is 0. The third-order valence-electron chi connectivity index (χ3n) is 2.20. The summed E-state index contributed by atoms with van der Waals surface area (Å²) in [5.74, 6) is -1.98. The zero-order chi connectivity index (χ0) is 14.4. The average Bonchev–Trinajstić information content (AvgIpc) is 2.33. The van der Waals surface area contributed by atoms with Crippen LogP contribution in [0.25, 0.3) is 0 Å². The minimum absolute atomic E-state index is 0.0883. The van der Waals surface area contributed by atoms with Crippen molar-refractivity contribution in [1.29, 1.82) is 0 Å². The van der Waals surface area contributed by atoms with Crippen LogP contribution in [0.2, 0.25) is 5.02 Å². The van der Waals surface area contributed by atoms with Gasteiger partial charge in [-0.2, -0.15) is 0 Å². The number of benzene rings is 1. The number of rotatable bonds is 5. The fourth-order valence-corrected chi connectivity index (χ4v) is 1.40. The van der Waals surface area contributed by atoms with Gasteiger partial charge in [0, 0.05) is 18.7 Å². The number of halogens is 2. The van der Waals surface area contributed by atoms with E-state index in [4.69, 9.17) is 21.8 Å². The summed E-state index contributed by atoms with van der Waals surface area (Å²) >= 11 is 5.48. The van der Waals surface area contributed by atoms with Crippen molar-refractivity contribution < 1.29 is 24.2 Å². The molecule has 0 saturated carbocycles. The second kappa shape index (κ2) is 6.91. The number of hydrogen-bond acceptors (Lipinski definition) is 3. The fraction of sp³-hybridized carbons (Fsp3) is 0.273. The van der Waals surface area contributed by atoms with E-state index in [0.29, 0.717) is 0 Å². The lowest BCUT2D eigenvalue weighted by molar-refractivity contribution is -0.139. The molecule has 0 aliphatic heterocycles. The van der Waals surface area contributed by atoms with Crippen LogP contribution in [-0.2, 0) is 4.79 Å². The number of carbonyl (C=O) groups is 2. The molecule has 1 rings (SSSR count). The molecule has 8 heteroatoms. The van der Waals surface area contributed by atoms with Crippen molar-refractivity contribution in [2.75, 3.05) is 11.9 Å². The normalized spacial score (nSPS) is 11.7. The van der Waals surface area contributed by atoms with Gasteiger partial charge in [-0.15, -0.1) is 0 Å². The van der Waals surface area contributed by atoms with E-state index in [1.54, 1.807) is 0 Å². The lowest BCUT2D eigenvalue weighted by Crippen LogP contribution is -2.43. The number of urea groups is 1. The summed E-state index contributed by atoms with van der Waals surface area (Å²) in [6.07, 6.45) is -0.127. The van der Waals surface area contributed by atoms with E-state index < -0.39 is 23.9 Å². The first-order valence-electron chi connectivity index (χ1n) is 5.30. The molecule has 0 spiro atoms. The Balaban J connectivity index is 2.63. The van der Waals surface area contributed by atoms with Gasteiger partial charge in [0.15, 0.2) is 0 Å². The summed E-state index contributed by atoms with van der Waals surface area (Å²) in [6.45, 7) is -0.382. The number of amides is 2. The lowest BCUT2D eigenvalue weighted by atomic mass is 10.2. The van der Waals surface area contributed by atoms with Crippen molar-refractivity contribution in [3.63, 3.8) is 0 Å². The number of carboxylic acid groups (broad SMARTS) is 1. The Kier molecular flexibility index (Phi) is 5.53. The van der Waals surface area contributed by atoms with Crippen LogP contribution >= 0.6 is 11.6 Å². The van der Waals surface area contributed by atoms with Crippen molar-refractivity contribution in [1.82, 2.24) is 5.32 Å². The SMILES string of the molecule is O=C(Nc1ccc(Cl)c(F)c1)N[C@@H](CCO)C(=O)O. The van der Waals surface area contributed by atoms with Crippen LogP contribution in [0.3, 0.4) is 0 Å². The maximum absolute atomic E-state index is 13.1. The second-order valence-corrected chi connectivity index (χ2v) is 4.04. The van der Waals surface area contributed by atoms with Gasteiger partial charge in [-0.05, 0) is 18.2 Å². The minimum atomic E-state index is -1.27. The molecule has 1 aromatic rings. The Labute approximate surface area is 113 Å². The van der Waals surface area contributed by atoms with Gasteiger partial charge in [0.2, 0.25) is 0 Å². The summed E-state index contributed by atoms with van der Waals surface area (Å²) < 4.78 is 13.1. The van der Waals surface area contributed by atoms with Gasteiger partial charge in [-0.1, -0.05) is 11.6 Å². The molecule has 0 aromatic heterocycles. The zero-order valence-electron chi connectivity index (χ0n) is 9.69. The lowest BCUT2D eigenvalue weighted by Gasteiger charge is -2.14. The van der Waals surface area contributed by atoms with Crippen molar-refractivity contribution in [2.45, 2.75) is 12.5 Å². The monoisotopic (exact) mass is 290 g/mol. The van der Waals surface area contributed by atoms with Crippen molar-refractivity contribution in [3.8, 4) is 0 Å². The Morgan fingerprint density at radius 2 is 2.11 bits per heavy atom. The molecule has 0 aliphatic carbocycles. The van der Waals surface area contributed by atoms with Gasteiger partial charge in [0.05, 0.1) is 5.02 Å². The highest BCUT2D eigenvalue weighted by molar-refractivity contribution is 6.30. The predicted octanol–water partition coefficient (Wildman–Crippen LogP) is 1.44. The van der Waals surface area contributed by atoms with Crippen LogP contribution in [0.15, 0.2) is 18.2 Å². The highest BCUT2D eigenvalue weighted by Gasteiger charge is 2.19. The zero-order valence-corrected chi connectivity index (χ0v) is 10.4. The van der Waals surface area contributed by atoms with Gasteiger partial charge in [-0.3, -0.25) is 0 Å². The maximum atomic E-state index is 13.1. The topological polar surface area (TPSA) is 98.7 Å². The summed E-state index contributed by atoms with van der Waals surface area (Å²) in [5.41, 5.74) is 0.132. The Bertz CT molecular complexity index is 484. The molecular formula is C11H12ClFN2O4. The van der Waals surface area contributed by atoms with Gasteiger partial charge in [0.1, 0.15) is 11.9 Å². The van der Waals surface area contributed by atoms with Crippen LogP contribution in [-0.4, -0.2) is 34.9 Å². The molecule has 2 amide bonds. The number of carboxylic acids is 1. The first-order chi connectivity index (χ1) is 8.93. The number of anilines is 1. The number of aliphatic hydroxyl groups is 1. The standard InChI is InChI=1S/C11H12ClFN2O4/c12-7-2-1-6(5-8(7)13)14-11(19)15-9(3-4-16)10(17)18/h1-2,5,9,16H,3-4H2,(H,17,18)(H2,14,15,19)/t9-/m0/s1. The molecule has 1 aromatic carbocycles. The quantitative estimate of drug-likeness (QED) is 0.659. The maximum Gasteiger partial charge on any atom is 0.326 e. The van der Waals surface area contributed by atoms with Crippen LogP contribution in [0.4, 0.5) is 14.9 Å². The molecule has 1 atom stereocenters. The minimum Gasteiger partial charge on any atom is -0.480 e. The first kappa shape index (κ1) is 15.2. The van der Waals surface area contributed by atoms with Gasteiger partial charge in [0.25, 0.3) is 0 Å². The number of aliphatic carboxylic acids is 1. The molecule has 0 fully saturated rings. The molecule has 104 valence electrons. The van der Waals surface area contributed by atoms with Gasteiger partial charge >= 0.3 is 12.0 Å².